The molecule has 1 N–H and O–H groups in total. The normalized spacial score (nSPS) is 26.9. The van der Waals surface area contributed by atoms with Crippen LogP contribution in [-0.4, -0.2) is 52.6 Å². The maximum Gasteiger partial charge on any atom is 0.153 e. The molecule has 2 fully saturated rings. The van der Waals surface area contributed by atoms with Gasteiger partial charge in [-0.05, 0) is 31.7 Å². The van der Waals surface area contributed by atoms with E-state index in [2.05, 4.69) is 33.9 Å². The van der Waals surface area contributed by atoms with Crippen molar-refractivity contribution in [1.82, 2.24) is 20.1 Å². The Labute approximate surface area is 126 Å². The summed E-state index contributed by atoms with van der Waals surface area (Å²) in [7, 11) is -2.89. The van der Waals surface area contributed by atoms with Gasteiger partial charge in [-0.3, -0.25) is 10.00 Å². The number of nitrogens with zero attached hydrogens (tertiary/aromatic N) is 3. The quantitative estimate of drug-likeness (QED) is 0.907. The van der Waals surface area contributed by atoms with Crippen LogP contribution in [0.1, 0.15) is 50.7 Å². The molecule has 1 atom stereocenters. The highest BCUT2D eigenvalue weighted by atomic mass is 32.2. The van der Waals surface area contributed by atoms with Crippen molar-refractivity contribution in [2.24, 2.45) is 5.92 Å². The number of H-pyrrole nitrogens is 1. The molecule has 0 bridgehead atoms. The van der Waals surface area contributed by atoms with Crippen molar-refractivity contribution in [3.63, 3.8) is 0 Å². The third kappa shape index (κ3) is 3.63. The van der Waals surface area contributed by atoms with E-state index < -0.39 is 9.84 Å². The molecule has 6 nitrogen and oxygen atoms in total. The Morgan fingerprint density at radius 1 is 1.38 bits per heavy atom. The lowest BCUT2D eigenvalue weighted by atomic mass is 10.1. The van der Waals surface area contributed by atoms with E-state index in [1.807, 2.05) is 0 Å². The van der Waals surface area contributed by atoms with E-state index in [1.54, 1.807) is 0 Å². The maximum absolute atomic E-state index is 12.0. The Morgan fingerprint density at radius 3 is 2.76 bits per heavy atom. The zero-order chi connectivity index (χ0) is 15.0. The van der Waals surface area contributed by atoms with Gasteiger partial charge in [0.15, 0.2) is 15.7 Å². The highest BCUT2D eigenvalue weighted by Gasteiger charge is 2.39. The minimum atomic E-state index is -2.89. The van der Waals surface area contributed by atoms with Crippen molar-refractivity contribution < 1.29 is 8.42 Å². The van der Waals surface area contributed by atoms with Gasteiger partial charge in [-0.15, -0.1) is 0 Å². The van der Waals surface area contributed by atoms with E-state index in [9.17, 15) is 8.42 Å². The van der Waals surface area contributed by atoms with Gasteiger partial charge >= 0.3 is 0 Å². The van der Waals surface area contributed by atoms with E-state index in [4.69, 9.17) is 0 Å². The molecule has 1 aromatic rings. The molecular formula is C14H24N4O2S. The fourth-order valence-corrected chi connectivity index (χ4v) is 4.78. The van der Waals surface area contributed by atoms with E-state index in [0.29, 0.717) is 29.9 Å². The second kappa shape index (κ2) is 5.68. The van der Waals surface area contributed by atoms with Crippen molar-refractivity contribution in [2.45, 2.75) is 51.6 Å². The number of hydrogen-bond donors (Lipinski definition) is 1. The van der Waals surface area contributed by atoms with Crippen LogP contribution in [-0.2, 0) is 16.4 Å². The molecule has 0 spiro atoms. The van der Waals surface area contributed by atoms with Gasteiger partial charge in [-0.25, -0.2) is 13.4 Å². The molecule has 1 unspecified atom stereocenters. The third-order valence-corrected chi connectivity index (χ3v) is 6.14. The lowest BCUT2D eigenvalue weighted by Gasteiger charge is -2.28. The molecule has 118 valence electrons. The smallest absolute Gasteiger partial charge is 0.153 e. The Kier molecular flexibility index (Phi) is 4.05. The summed E-state index contributed by atoms with van der Waals surface area (Å²) < 4.78 is 24.1. The highest BCUT2D eigenvalue weighted by molar-refractivity contribution is 7.91. The molecule has 0 aromatic carbocycles. The lowest BCUT2D eigenvalue weighted by molar-refractivity contribution is 0.183. The van der Waals surface area contributed by atoms with Crippen molar-refractivity contribution in [3.8, 4) is 0 Å². The fourth-order valence-electron chi connectivity index (χ4n) is 3.05. The second-order valence-corrected chi connectivity index (χ2v) is 8.87. The first kappa shape index (κ1) is 15.0. The summed E-state index contributed by atoms with van der Waals surface area (Å²) in [6.45, 7) is 5.64. The molecule has 7 heteroatoms. The monoisotopic (exact) mass is 312 g/mol. The lowest BCUT2D eigenvalue weighted by Crippen LogP contribution is -2.39. The largest absolute Gasteiger partial charge is 0.292 e. The molecule has 1 saturated carbocycles. The zero-order valence-corrected chi connectivity index (χ0v) is 13.6. The van der Waals surface area contributed by atoms with Crippen LogP contribution in [0.15, 0.2) is 0 Å². The molecule has 2 aliphatic rings. The van der Waals surface area contributed by atoms with Gasteiger partial charge in [0.05, 0.1) is 18.1 Å². The van der Waals surface area contributed by atoms with Crippen LogP contribution in [0, 0.1) is 5.92 Å². The average Bonchev–Trinajstić information content (AvgIpc) is 3.15. The predicted molar refractivity (Wildman–Crippen MR) is 80.7 cm³/mol. The van der Waals surface area contributed by atoms with Gasteiger partial charge < -0.3 is 0 Å². The molecule has 3 rings (SSSR count). The molecular weight excluding hydrogens is 288 g/mol. The van der Waals surface area contributed by atoms with Gasteiger partial charge in [0.2, 0.25) is 0 Å². The minimum absolute atomic E-state index is 0.157. The summed E-state index contributed by atoms with van der Waals surface area (Å²) in [5, 5.41) is 7.24. The van der Waals surface area contributed by atoms with Crippen LogP contribution >= 0.6 is 0 Å². The van der Waals surface area contributed by atoms with Crippen LogP contribution in [0.3, 0.4) is 0 Å². The summed E-state index contributed by atoms with van der Waals surface area (Å²) >= 11 is 0. The van der Waals surface area contributed by atoms with E-state index in [-0.39, 0.29) is 6.04 Å². The van der Waals surface area contributed by atoms with Gasteiger partial charge in [0.1, 0.15) is 5.82 Å². The molecule has 1 aliphatic heterocycles. The number of nitrogens with one attached hydrogen (secondary N) is 1. The summed E-state index contributed by atoms with van der Waals surface area (Å²) in [4.78, 5) is 6.83. The molecule has 0 radical (unpaired) electrons. The Bertz CT molecular complexity index is 592. The van der Waals surface area contributed by atoms with E-state index >= 15 is 0 Å². The summed E-state index contributed by atoms with van der Waals surface area (Å²) in [6.07, 6.45) is 3.03. The number of rotatable bonds is 4. The molecule has 21 heavy (non-hydrogen) atoms. The molecule has 0 amide bonds. The third-order valence-electron chi connectivity index (χ3n) is 4.38. The molecule has 1 aromatic heterocycles. The van der Waals surface area contributed by atoms with Crippen LogP contribution in [0.5, 0.6) is 0 Å². The second-order valence-electron chi connectivity index (χ2n) is 6.64. The summed E-state index contributed by atoms with van der Waals surface area (Å²) in [6, 6.07) is 0.157. The van der Waals surface area contributed by atoms with Crippen LogP contribution < -0.4 is 0 Å². The topological polar surface area (TPSA) is 79.0 Å². The van der Waals surface area contributed by atoms with Gasteiger partial charge in [0.25, 0.3) is 0 Å². The van der Waals surface area contributed by atoms with Crippen molar-refractivity contribution >= 4 is 9.84 Å². The van der Waals surface area contributed by atoms with Crippen LogP contribution in [0.4, 0.5) is 0 Å². The zero-order valence-electron chi connectivity index (χ0n) is 12.7. The molecule has 1 aliphatic carbocycles. The van der Waals surface area contributed by atoms with Gasteiger partial charge in [-0.2, -0.15) is 5.10 Å². The molecule has 1 saturated heterocycles. The fraction of sp³-hybridized carbons (Fsp3) is 0.857. The SMILES string of the molecule is CC(C)c1n[nH]c(CN2CCCS(=O)(=O)CC2C2CC2)n1. The average molecular weight is 312 g/mol. The van der Waals surface area contributed by atoms with E-state index in [0.717, 1.165) is 37.5 Å². The minimum Gasteiger partial charge on any atom is -0.292 e. The van der Waals surface area contributed by atoms with E-state index in [1.165, 1.54) is 0 Å². The first-order chi connectivity index (χ1) is 9.94. The highest BCUT2D eigenvalue weighted by Crippen LogP contribution is 2.37. The van der Waals surface area contributed by atoms with Crippen molar-refractivity contribution in [3.05, 3.63) is 11.6 Å². The standard InChI is InChI=1S/C14H24N4O2S/c1-10(2)14-15-13(16-17-14)8-18-6-3-7-21(19,20)9-12(18)11-4-5-11/h10-12H,3-9H2,1-2H3,(H,15,16,17). The predicted octanol–water partition coefficient (Wildman–Crippen LogP) is 1.33. The first-order valence-electron chi connectivity index (χ1n) is 7.80. The first-order valence-corrected chi connectivity index (χ1v) is 9.62. The van der Waals surface area contributed by atoms with Crippen molar-refractivity contribution in [2.75, 3.05) is 18.1 Å². The number of hydrogen-bond acceptors (Lipinski definition) is 5. The number of sulfone groups is 1. The maximum atomic E-state index is 12.0. The van der Waals surface area contributed by atoms with Crippen molar-refractivity contribution in [1.29, 1.82) is 0 Å². The number of aromatic amines is 1. The Morgan fingerprint density at radius 2 is 2.14 bits per heavy atom. The van der Waals surface area contributed by atoms with Gasteiger partial charge in [0, 0.05) is 12.0 Å². The van der Waals surface area contributed by atoms with Crippen LogP contribution in [0.2, 0.25) is 0 Å². The number of aromatic nitrogens is 3. The van der Waals surface area contributed by atoms with Crippen LogP contribution in [0.25, 0.3) is 0 Å². The summed E-state index contributed by atoms with van der Waals surface area (Å²) in [5.74, 6) is 3.16. The Hall–Kier alpha value is -0.950. The molecule has 2 heterocycles. The Balaban J connectivity index is 1.75. The summed E-state index contributed by atoms with van der Waals surface area (Å²) in [5.41, 5.74) is 0. The van der Waals surface area contributed by atoms with Gasteiger partial charge in [-0.1, -0.05) is 13.8 Å².